The Morgan fingerprint density at radius 1 is 0.821 bits per heavy atom. The Morgan fingerprint density at radius 3 is 2.00 bits per heavy atom. The Kier molecular flexibility index (Phi) is 10.4. The second kappa shape index (κ2) is 12.8. The molecular weight excluding hydrogens is 419 g/mol. The van der Waals surface area contributed by atoms with Gasteiger partial charge in [0, 0.05) is 0 Å². The van der Waals surface area contributed by atoms with Gasteiger partial charge in [0.15, 0.2) is 11.6 Å². The molecule has 28 heavy (non-hydrogen) atoms. The summed E-state index contributed by atoms with van der Waals surface area (Å²) in [4.78, 5) is 0. The fraction of sp³-hybridized carbons (Fsp3) is 0.500. The van der Waals surface area contributed by atoms with E-state index >= 15 is 0 Å². The number of aromatic hydroxyl groups is 1. The second-order valence-electron chi connectivity index (χ2n) is 7.34. The number of hydrogen-bond donors (Lipinski definition) is 1. The minimum atomic E-state index is -0.353. The maximum Gasteiger partial charge on any atom is 0.165 e. The highest BCUT2D eigenvalue weighted by molar-refractivity contribution is 9.10. The molecule has 2 aromatic carbocycles. The van der Waals surface area contributed by atoms with E-state index in [1.807, 2.05) is 6.07 Å². The lowest BCUT2D eigenvalue weighted by molar-refractivity contribution is 0.290. The molecule has 0 heterocycles. The van der Waals surface area contributed by atoms with Crippen LogP contribution < -0.4 is 4.74 Å². The van der Waals surface area contributed by atoms with Crippen molar-refractivity contribution in [2.24, 2.45) is 0 Å². The number of phenols is 1. The SMILES string of the molecule is CCCCCCCCCCCCOc1ccc(-c2ccc(O)c(Br)c2)cc1F. The lowest BCUT2D eigenvalue weighted by atomic mass is 10.1. The molecule has 0 saturated heterocycles. The molecule has 0 aliphatic rings. The molecule has 0 bridgehead atoms. The lowest BCUT2D eigenvalue weighted by Crippen LogP contribution is -1.99. The first-order valence-corrected chi connectivity index (χ1v) is 11.3. The molecule has 0 aliphatic carbocycles. The molecule has 2 aromatic rings. The van der Waals surface area contributed by atoms with Crippen molar-refractivity contribution in [2.75, 3.05) is 6.61 Å². The van der Waals surface area contributed by atoms with Crippen LogP contribution in [0.1, 0.15) is 71.1 Å². The molecular formula is C24H32BrFO2. The van der Waals surface area contributed by atoms with E-state index in [4.69, 9.17) is 4.74 Å². The topological polar surface area (TPSA) is 29.5 Å². The highest BCUT2D eigenvalue weighted by atomic mass is 79.9. The van der Waals surface area contributed by atoms with Gasteiger partial charge in [0.1, 0.15) is 5.75 Å². The maximum atomic E-state index is 14.3. The van der Waals surface area contributed by atoms with Gasteiger partial charge >= 0.3 is 0 Å². The zero-order chi connectivity index (χ0) is 20.2. The molecule has 0 amide bonds. The van der Waals surface area contributed by atoms with Crippen molar-refractivity contribution in [3.05, 3.63) is 46.7 Å². The van der Waals surface area contributed by atoms with Crippen LogP contribution in [-0.4, -0.2) is 11.7 Å². The molecule has 2 nitrogen and oxygen atoms in total. The number of unbranched alkanes of at least 4 members (excludes halogenated alkanes) is 9. The fourth-order valence-corrected chi connectivity index (χ4v) is 3.63. The van der Waals surface area contributed by atoms with E-state index in [0.29, 0.717) is 16.8 Å². The fourth-order valence-electron chi connectivity index (χ4n) is 3.26. The summed E-state index contributed by atoms with van der Waals surface area (Å²) < 4.78 is 20.5. The standard InChI is InChI=1S/C24H32BrFO2/c1-2-3-4-5-6-7-8-9-10-11-16-28-24-15-13-20(18-22(24)26)19-12-14-23(27)21(25)17-19/h12-15,17-18,27H,2-11,16H2,1H3. The molecule has 0 saturated carbocycles. The number of hydrogen-bond acceptors (Lipinski definition) is 2. The minimum absolute atomic E-state index is 0.167. The number of halogens is 2. The van der Waals surface area contributed by atoms with Gasteiger partial charge in [0.25, 0.3) is 0 Å². The van der Waals surface area contributed by atoms with E-state index in [-0.39, 0.29) is 11.6 Å². The molecule has 2 rings (SSSR count). The molecule has 154 valence electrons. The summed E-state index contributed by atoms with van der Waals surface area (Å²) in [5, 5.41) is 9.58. The summed E-state index contributed by atoms with van der Waals surface area (Å²) in [6, 6.07) is 10.1. The van der Waals surface area contributed by atoms with Gasteiger partial charge < -0.3 is 9.84 Å². The summed E-state index contributed by atoms with van der Waals surface area (Å²) in [6.45, 7) is 2.80. The van der Waals surface area contributed by atoms with E-state index in [9.17, 15) is 9.50 Å². The Bertz CT molecular complexity index is 718. The Hall–Kier alpha value is -1.55. The van der Waals surface area contributed by atoms with E-state index in [1.54, 1.807) is 24.3 Å². The van der Waals surface area contributed by atoms with E-state index in [1.165, 1.54) is 57.4 Å². The van der Waals surface area contributed by atoms with Crippen LogP contribution in [0.5, 0.6) is 11.5 Å². The lowest BCUT2D eigenvalue weighted by Gasteiger charge is -2.10. The van der Waals surface area contributed by atoms with Crippen LogP contribution in [0.4, 0.5) is 4.39 Å². The summed E-state index contributed by atoms with van der Waals surface area (Å²) >= 11 is 3.29. The number of ether oxygens (including phenoxy) is 1. The monoisotopic (exact) mass is 450 g/mol. The Morgan fingerprint density at radius 2 is 1.39 bits per heavy atom. The van der Waals surface area contributed by atoms with Gasteiger partial charge in [0.2, 0.25) is 0 Å². The molecule has 4 heteroatoms. The van der Waals surface area contributed by atoms with Crippen molar-refractivity contribution in [3.63, 3.8) is 0 Å². The molecule has 0 fully saturated rings. The third-order valence-corrected chi connectivity index (χ3v) is 5.60. The van der Waals surface area contributed by atoms with Gasteiger partial charge in [-0.15, -0.1) is 0 Å². The summed E-state index contributed by atoms with van der Waals surface area (Å²) in [5.41, 5.74) is 1.59. The quantitative estimate of drug-likeness (QED) is 0.311. The third kappa shape index (κ3) is 7.83. The largest absolute Gasteiger partial charge is 0.507 e. The molecule has 0 spiro atoms. The molecule has 0 radical (unpaired) electrons. The first kappa shape index (κ1) is 22.7. The highest BCUT2D eigenvalue weighted by Gasteiger charge is 2.08. The van der Waals surface area contributed by atoms with E-state index in [2.05, 4.69) is 22.9 Å². The number of phenolic OH excluding ortho intramolecular Hbond substituents is 1. The van der Waals surface area contributed by atoms with Crippen LogP contribution in [0.25, 0.3) is 11.1 Å². The van der Waals surface area contributed by atoms with Gasteiger partial charge in [-0.05, 0) is 57.7 Å². The zero-order valence-electron chi connectivity index (χ0n) is 16.9. The average Bonchev–Trinajstić information content (AvgIpc) is 2.69. The Labute approximate surface area is 177 Å². The third-order valence-electron chi connectivity index (χ3n) is 4.97. The van der Waals surface area contributed by atoms with Crippen LogP contribution in [-0.2, 0) is 0 Å². The van der Waals surface area contributed by atoms with E-state index in [0.717, 1.165) is 24.0 Å². The van der Waals surface area contributed by atoms with E-state index < -0.39 is 0 Å². The molecule has 0 aliphatic heterocycles. The average molecular weight is 451 g/mol. The molecule has 0 aromatic heterocycles. The first-order valence-electron chi connectivity index (χ1n) is 10.5. The molecule has 1 N–H and O–H groups in total. The van der Waals surface area contributed by atoms with Gasteiger partial charge in [0.05, 0.1) is 11.1 Å². The Balaban J connectivity index is 1.66. The predicted octanol–water partition coefficient (Wildman–Crippen LogP) is 8.26. The van der Waals surface area contributed by atoms with Gasteiger partial charge in [-0.25, -0.2) is 4.39 Å². The number of benzene rings is 2. The van der Waals surface area contributed by atoms with Crippen molar-refractivity contribution >= 4 is 15.9 Å². The van der Waals surface area contributed by atoms with Crippen molar-refractivity contribution in [1.82, 2.24) is 0 Å². The molecule has 0 unspecified atom stereocenters. The van der Waals surface area contributed by atoms with Gasteiger partial charge in [-0.2, -0.15) is 0 Å². The maximum absolute atomic E-state index is 14.3. The number of rotatable bonds is 13. The van der Waals surface area contributed by atoms with Crippen LogP contribution in [0.2, 0.25) is 0 Å². The minimum Gasteiger partial charge on any atom is -0.507 e. The van der Waals surface area contributed by atoms with Gasteiger partial charge in [-0.3, -0.25) is 0 Å². The van der Waals surface area contributed by atoms with Crippen molar-refractivity contribution in [1.29, 1.82) is 0 Å². The second-order valence-corrected chi connectivity index (χ2v) is 8.20. The predicted molar refractivity (Wildman–Crippen MR) is 119 cm³/mol. The summed E-state index contributed by atoms with van der Waals surface area (Å²) in [6.07, 6.45) is 12.7. The van der Waals surface area contributed by atoms with Crippen LogP contribution >= 0.6 is 15.9 Å². The van der Waals surface area contributed by atoms with Crippen molar-refractivity contribution < 1.29 is 14.2 Å². The van der Waals surface area contributed by atoms with Crippen LogP contribution in [0, 0.1) is 5.82 Å². The normalized spacial score (nSPS) is 11.0. The zero-order valence-corrected chi connectivity index (χ0v) is 18.4. The first-order chi connectivity index (χ1) is 13.6. The highest BCUT2D eigenvalue weighted by Crippen LogP contribution is 2.31. The van der Waals surface area contributed by atoms with Crippen LogP contribution in [0.3, 0.4) is 0 Å². The molecule has 0 atom stereocenters. The summed E-state index contributed by atoms with van der Waals surface area (Å²) in [7, 11) is 0. The smallest absolute Gasteiger partial charge is 0.165 e. The van der Waals surface area contributed by atoms with Crippen molar-refractivity contribution in [3.8, 4) is 22.6 Å². The summed E-state index contributed by atoms with van der Waals surface area (Å²) in [5.74, 6) is 0.118. The van der Waals surface area contributed by atoms with Crippen molar-refractivity contribution in [2.45, 2.75) is 71.1 Å². The van der Waals surface area contributed by atoms with Gasteiger partial charge in [-0.1, -0.05) is 76.8 Å². The van der Waals surface area contributed by atoms with Crippen LogP contribution in [0.15, 0.2) is 40.9 Å².